The third-order valence-corrected chi connectivity index (χ3v) is 4.72. The molecule has 7 nitrogen and oxygen atoms in total. The molecule has 0 aromatic heterocycles. The maximum atomic E-state index is 12.2. The fraction of sp³-hybridized carbons (Fsp3) is 0.500. The summed E-state index contributed by atoms with van der Waals surface area (Å²) in [5.74, 6) is 0.170. The first kappa shape index (κ1) is 17.4. The second-order valence-corrected chi connectivity index (χ2v) is 6.53. The van der Waals surface area contributed by atoms with Gasteiger partial charge in [-0.25, -0.2) is 0 Å². The standard InChI is InChI=1S/C18H24N4O3/c1-14(23)21-11-9-20(10-12-21)13-17(24)19-15-4-6-16(7-5-15)22-8-2-3-18(22)25/h4-7H,2-3,8-13H2,1H3,(H,19,24). The lowest BCUT2D eigenvalue weighted by Gasteiger charge is -2.33. The van der Waals surface area contributed by atoms with Gasteiger partial charge in [0.25, 0.3) is 0 Å². The van der Waals surface area contributed by atoms with Crippen molar-refractivity contribution in [1.29, 1.82) is 0 Å². The first-order valence-electron chi connectivity index (χ1n) is 8.71. The van der Waals surface area contributed by atoms with E-state index in [0.717, 1.165) is 24.3 Å². The molecule has 1 N–H and O–H groups in total. The van der Waals surface area contributed by atoms with Crippen molar-refractivity contribution in [3.8, 4) is 0 Å². The minimum Gasteiger partial charge on any atom is -0.340 e. The summed E-state index contributed by atoms with van der Waals surface area (Å²) in [6, 6.07) is 7.38. The number of rotatable bonds is 4. The van der Waals surface area contributed by atoms with Crippen LogP contribution in [0.25, 0.3) is 0 Å². The summed E-state index contributed by atoms with van der Waals surface area (Å²) in [6.07, 6.45) is 1.50. The van der Waals surface area contributed by atoms with E-state index in [1.165, 1.54) is 0 Å². The molecular formula is C18H24N4O3. The molecule has 2 aliphatic rings. The van der Waals surface area contributed by atoms with Crippen LogP contribution in [0.15, 0.2) is 24.3 Å². The summed E-state index contributed by atoms with van der Waals surface area (Å²) >= 11 is 0. The minimum absolute atomic E-state index is 0.0683. The van der Waals surface area contributed by atoms with Gasteiger partial charge in [-0.3, -0.25) is 19.3 Å². The number of carbonyl (C=O) groups is 3. The molecule has 2 fully saturated rings. The predicted molar refractivity (Wildman–Crippen MR) is 95.4 cm³/mol. The van der Waals surface area contributed by atoms with Crippen LogP contribution in [0.3, 0.4) is 0 Å². The second-order valence-electron chi connectivity index (χ2n) is 6.53. The number of anilines is 2. The van der Waals surface area contributed by atoms with Crippen LogP contribution in [0.5, 0.6) is 0 Å². The maximum Gasteiger partial charge on any atom is 0.238 e. The van der Waals surface area contributed by atoms with Crippen molar-refractivity contribution in [2.24, 2.45) is 0 Å². The molecule has 2 aliphatic heterocycles. The lowest BCUT2D eigenvalue weighted by molar-refractivity contribution is -0.130. The van der Waals surface area contributed by atoms with E-state index in [0.29, 0.717) is 39.1 Å². The molecule has 25 heavy (non-hydrogen) atoms. The summed E-state index contributed by atoms with van der Waals surface area (Å²) < 4.78 is 0. The summed E-state index contributed by atoms with van der Waals surface area (Å²) in [4.78, 5) is 40.9. The van der Waals surface area contributed by atoms with Crippen molar-refractivity contribution in [1.82, 2.24) is 9.80 Å². The molecule has 0 saturated carbocycles. The monoisotopic (exact) mass is 344 g/mol. The Morgan fingerprint density at radius 2 is 1.72 bits per heavy atom. The Morgan fingerprint density at radius 3 is 2.28 bits per heavy atom. The van der Waals surface area contributed by atoms with Gasteiger partial charge in [0.2, 0.25) is 17.7 Å². The molecule has 0 bridgehead atoms. The summed E-state index contributed by atoms with van der Waals surface area (Å²) in [5, 5.41) is 2.89. The molecule has 2 saturated heterocycles. The SMILES string of the molecule is CC(=O)N1CCN(CC(=O)Nc2ccc(N3CCCC3=O)cc2)CC1. The molecule has 3 amide bonds. The smallest absolute Gasteiger partial charge is 0.238 e. The summed E-state index contributed by atoms with van der Waals surface area (Å²) in [7, 11) is 0. The fourth-order valence-electron chi connectivity index (χ4n) is 3.27. The average molecular weight is 344 g/mol. The molecular weight excluding hydrogens is 320 g/mol. The first-order valence-corrected chi connectivity index (χ1v) is 8.71. The molecule has 1 aromatic rings. The fourth-order valence-corrected chi connectivity index (χ4v) is 3.27. The van der Waals surface area contributed by atoms with E-state index in [-0.39, 0.29) is 17.7 Å². The van der Waals surface area contributed by atoms with Crippen molar-refractivity contribution in [2.75, 3.05) is 49.5 Å². The number of hydrogen-bond acceptors (Lipinski definition) is 4. The number of nitrogens with one attached hydrogen (secondary N) is 1. The highest BCUT2D eigenvalue weighted by Crippen LogP contribution is 2.23. The van der Waals surface area contributed by atoms with Gasteiger partial charge in [-0.05, 0) is 30.7 Å². The van der Waals surface area contributed by atoms with Crippen LogP contribution in [0.2, 0.25) is 0 Å². The van der Waals surface area contributed by atoms with Crippen LogP contribution in [0, 0.1) is 0 Å². The van der Waals surface area contributed by atoms with Gasteiger partial charge in [-0.2, -0.15) is 0 Å². The van der Waals surface area contributed by atoms with Crippen LogP contribution in [0.4, 0.5) is 11.4 Å². The molecule has 3 rings (SSSR count). The Labute approximate surface area is 147 Å². The molecule has 7 heteroatoms. The molecule has 1 aromatic carbocycles. The zero-order valence-electron chi connectivity index (χ0n) is 14.5. The number of piperazine rings is 1. The Morgan fingerprint density at radius 1 is 1.04 bits per heavy atom. The summed E-state index contributed by atoms with van der Waals surface area (Å²) in [5.41, 5.74) is 1.60. The zero-order valence-corrected chi connectivity index (χ0v) is 14.5. The first-order chi connectivity index (χ1) is 12.0. The van der Waals surface area contributed by atoms with Crippen molar-refractivity contribution in [3.05, 3.63) is 24.3 Å². The van der Waals surface area contributed by atoms with E-state index in [9.17, 15) is 14.4 Å². The van der Waals surface area contributed by atoms with Crippen molar-refractivity contribution in [2.45, 2.75) is 19.8 Å². The topological polar surface area (TPSA) is 73.0 Å². The van der Waals surface area contributed by atoms with Crippen LogP contribution in [-0.4, -0.2) is 66.8 Å². The highest BCUT2D eigenvalue weighted by atomic mass is 16.2. The van der Waals surface area contributed by atoms with Gasteiger partial charge in [0.15, 0.2) is 0 Å². The summed E-state index contributed by atoms with van der Waals surface area (Å²) in [6.45, 7) is 5.41. The van der Waals surface area contributed by atoms with Crippen LogP contribution < -0.4 is 10.2 Å². The van der Waals surface area contributed by atoms with Crippen molar-refractivity contribution in [3.63, 3.8) is 0 Å². The second kappa shape index (κ2) is 7.65. The number of carbonyl (C=O) groups excluding carboxylic acids is 3. The third kappa shape index (κ3) is 4.36. The predicted octanol–water partition coefficient (Wildman–Crippen LogP) is 0.916. The molecule has 2 heterocycles. The molecule has 0 atom stereocenters. The molecule has 134 valence electrons. The van der Waals surface area contributed by atoms with Gasteiger partial charge >= 0.3 is 0 Å². The number of benzene rings is 1. The quantitative estimate of drug-likeness (QED) is 0.881. The number of nitrogens with zero attached hydrogens (tertiary/aromatic N) is 3. The van der Waals surface area contributed by atoms with E-state index in [2.05, 4.69) is 5.32 Å². The van der Waals surface area contributed by atoms with Gasteiger partial charge in [0, 0.05) is 57.4 Å². The zero-order chi connectivity index (χ0) is 17.8. The van der Waals surface area contributed by atoms with E-state index in [4.69, 9.17) is 0 Å². The Bertz CT molecular complexity index is 651. The maximum absolute atomic E-state index is 12.2. The van der Waals surface area contributed by atoms with Gasteiger partial charge in [-0.15, -0.1) is 0 Å². The minimum atomic E-state index is -0.0683. The lowest BCUT2D eigenvalue weighted by atomic mass is 10.2. The highest BCUT2D eigenvalue weighted by Gasteiger charge is 2.22. The van der Waals surface area contributed by atoms with Crippen LogP contribution >= 0.6 is 0 Å². The van der Waals surface area contributed by atoms with E-state index < -0.39 is 0 Å². The number of amides is 3. The van der Waals surface area contributed by atoms with Crippen LogP contribution in [0.1, 0.15) is 19.8 Å². The molecule has 0 spiro atoms. The van der Waals surface area contributed by atoms with Gasteiger partial charge in [0.05, 0.1) is 6.54 Å². The van der Waals surface area contributed by atoms with Gasteiger partial charge < -0.3 is 15.1 Å². The lowest BCUT2D eigenvalue weighted by Crippen LogP contribution is -2.49. The number of hydrogen-bond donors (Lipinski definition) is 1. The van der Waals surface area contributed by atoms with Crippen molar-refractivity contribution >= 4 is 29.1 Å². The van der Waals surface area contributed by atoms with E-state index in [1.807, 2.05) is 29.2 Å². The van der Waals surface area contributed by atoms with E-state index >= 15 is 0 Å². The normalized spacial score (nSPS) is 18.5. The van der Waals surface area contributed by atoms with Crippen LogP contribution in [-0.2, 0) is 14.4 Å². The van der Waals surface area contributed by atoms with E-state index in [1.54, 1.807) is 16.7 Å². The third-order valence-electron chi connectivity index (χ3n) is 4.72. The Hall–Kier alpha value is -2.41. The molecule has 0 unspecified atom stereocenters. The highest BCUT2D eigenvalue weighted by molar-refractivity contribution is 5.96. The molecule has 0 radical (unpaired) electrons. The Kier molecular flexibility index (Phi) is 5.33. The molecule has 0 aliphatic carbocycles. The largest absolute Gasteiger partial charge is 0.340 e. The Balaban J connectivity index is 1.48. The van der Waals surface area contributed by atoms with Crippen molar-refractivity contribution < 1.29 is 14.4 Å². The van der Waals surface area contributed by atoms with Gasteiger partial charge in [-0.1, -0.05) is 0 Å². The average Bonchev–Trinajstić information content (AvgIpc) is 3.02. The van der Waals surface area contributed by atoms with Gasteiger partial charge in [0.1, 0.15) is 0 Å².